The number of hydrogen-bond donors (Lipinski definition) is 1. The van der Waals surface area contributed by atoms with Gasteiger partial charge >= 0.3 is 5.97 Å². The Hall–Kier alpha value is -1.54. The summed E-state index contributed by atoms with van der Waals surface area (Å²) >= 11 is 1.28. The zero-order chi connectivity index (χ0) is 12.8. The van der Waals surface area contributed by atoms with Crippen LogP contribution in [0.15, 0.2) is 18.2 Å². The van der Waals surface area contributed by atoms with Gasteiger partial charge in [0, 0.05) is 5.75 Å². The zero-order valence-corrected chi connectivity index (χ0v) is 10.1. The third-order valence-electron chi connectivity index (χ3n) is 2.25. The second-order valence-electron chi connectivity index (χ2n) is 3.47. The molecule has 0 saturated carbocycles. The minimum atomic E-state index is -0.847. The van der Waals surface area contributed by atoms with Crippen LogP contribution >= 0.6 is 11.8 Å². The fourth-order valence-electron chi connectivity index (χ4n) is 1.31. The SMILES string of the molecule is CCC(SCc1ccc(F)c(C#N)c1)C(=O)O. The largest absolute Gasteiger partial charge is 0.480 e. The summed E-state index contributed by atoms with van der Waals surface area (Å²) in [5.41, 5.74) is 0.749. The first-order valence-electron chi connectivity index (χ1n) is 5.11. The Morgan fingerprint density at radius 3 is 2.88 bits per heavy atom. The number of hydrogen-bond acceptors (Lipinski definition) is 3. The van der Waals surface area contributed by atoms with Gasteiger partial charge in [0.05, 0.1) is 5.56 Å². The lowest BCUT2D eigenvalue weighted by atomic mass is 10.1. The van der Waals surface area contributed by atoms with Crippen molar-refractivity contribution >= 4 is 17.7 Å². The number of nitriles is 1. The van der Waals surface area contributed by atoms with E-state index in [2.05, 4.69) is 0 Å². The molecule has 1 atom stereocenters. The van der Waals surface area contributed by atoms with E-state index >= 15 is 0 Å². The Morgan fingerprint density at radius 2 is 2.35 bits per heavy atom. The molecule has 3 nitrogen and oxygen atoms in total. The molecular formula is C12H12FNO2S. The molecule has 0 heterocycles. The van der Waals surface area contributed by atoms with Crippen LogP contribution in [0.2, 0.25) is 0 Å². The third kappa shape index (κ3) is 3.75. The molecule has 0 bridgehead atoms. The fourth-order valence-corrected chi connectivity index (χ4v) is 2.26. The molecule has 1 N–H and O–H groups in total. The van der Waals surface area contributed by atoms with Crippen molar-refractivity contribution in [1.82, 2.24) is 0 Å². The lowest BCUT2D eigenvalue weighted by molar-refractivity contribution is -0.136. The van der Waals surface area contributed by atoms with Crippen LogP contribution in [-0.4, -0.2) is 16.3 Å². The number of nitrogens with zero attached hydrogens (tertiary/aromatic N) is 1. The average Bonchev–Trinajstić information content (AvgIpc) is 2.31. The lowest BCUT2D eigenvalue weighted by Crippen LogP contribution is -2.15. The minimum absolute atomic E-state index is 0.00789. The maximum atomic E-state index is 13.0. The van der Waals surface area contributed by atoms with E-state index in [0.717, 1.165) is 5.56 Å². The summed E-state index contributed by atoms with van der Waals surface area (Å²) in [7, 11) is 0. The van der Waals surface area contributed by atoms with Gasteiger partial charge in [-0.05, 0) is 24.1 Å². The zero-order valence-electron chi connectivity index (χ0n) is 9.31. The van der Waals surface area contributed by atoms with Crippen molar-refractivity contribution in [2.75, 3.05) is 0 Å². The highest BCUT2D eigenvalue weighted by molar-refractivity contribution is 7.99. The predicted molar refractivity (Wildman–Crippen MR) is 64.1 cm³/mol. The second kappa shape index (κ2) is 6.26. The summed E-state index contributed by atoms with van der Waals surface area (Å²) in [5, 5.41) is 17.1. The molecule has 0 aliphatic rings. The first-order valence-corrected chi connectivity index (χ1v) is 6.16. The van der Waals surface area contributed by atoms with Gasteiger partial charge in [-0.2, -0.15) is 5.26 Å². The molecule has 1 aromatic carbocycles. The summed E-state index contributed by atoms with van der Waals surface area (Å²) in [5.74, 6) is -0.939. The van der Waals surface area contributed by atoms with Crippen LogP contribution in [0.4, 0.5) is 4.39 Å². The Bertz CT molecular complexity index is 456. The van der Waals surface area contributed by atoms with Crippen molar-refractivity contribution in [3.8, 4) is 6.07 Å². The number of carboxylic acids is 1. The number of thioether (sulfide) groups is 1. The first-order chi connectivity index (χ1) is 8.08. The lowest BCUT2D eigenvalue weighted by Gasteiger charge is -2.09. The fraction of sp³-hybridized carbons (Fsp3) is 0.333. The molecule has 90 valence electrons. The van der Waals surface area contributed by atoms with E-state index in [9.17, 15) is 9.18 Å². The van der Waals surface area contributed by atoms with E-state index in [-0.39, 0.29) is 5.56 Å². The van der Waals surface area contributed by atoms with E-state index in [4.69, 9.17) is 10.4 Å². The van der Waals surface area contributed by atoms with Crippen molar-refractivity contribution in [2.24, 2.45) is 0 Å². The summed E-state index contributed by atoms with van der Waals surface area (Å²) in [6.45, 7) is 1.80. The average molecular weight is 253 g/mol. The quantitative estimate of drug-likeness (QED) is 0.876. The van der Waals surface area contributed by atoms with Gasteiger partial charge in [0.25, 0.3) is 0 Å². The topological polar surface area (TPSA) is 61.1 Å². The summed E-state index contributed by atoms with van der Waals surface area (Å²) in [6, 6.07) is 6.01. The van der Waals surface area contributed by atoms with Crippen molar-refractivity contribution < 1.29 is 14.3 Å². The molecule has 1 unspecified atom stereocenters. The van der Waals surface area contributed by atoms with E-state index in [0.29, 0.717) is 12.2 Å². The number of halogens is 1. The van der Waals surface area contributed by atoms with E-state index in [1.165, 1.54) is 23.9 Å². The smallest absolute Gasteiger partial charge is 0.316 e. The molecule has 0 saturated heterocycles. The molecule has 5 heteroatoms. The maximum absolute atomic E-state index is 13.0. The highest BCUT2D eigenvalue weighted by atomic mass is 32.2. The molecule has 0 amide bonds. The van der Waals surface area contributed by atoms with Crippen LogP contribution in [0.5, 0.6) is 0 Å². The Morgan fingerprint density at radius 1 is 1.65 bits per heavy atom. The number of aliphatic carboxylic acids is 1. The Kier molecular flexibility index (Phi) is 4.98. The molecule has 17 heavy (non-hydrogen) atoms. The van der Waals surface area contributed by atoms with Crippen molar-refractivity contribution in [1.29, 1.82) is 5.26 Å². The molecule has 0 aromatic heterocycles. The van der Waals surface area contributed by atoms with Gasteiger partial charge in [0.2, 0.25) is 0 Å². The Labute approximate surface area is 103 Å². The van der Waals surface area contributed by atoms with Crippen LogP contribution in [0.1, 0.15) is 24.5 Å². The van der Waals surface area contributed by atoms with Crippen molar-refractivity contribution in [2.45, 2.75) is 24.3 Å². The van der Waals surface area contributed by atoms with Gasteiger partial charge in [-0.3, -0.25) is 4.79 Å². The van der Waals surface area contributed by atoms with E-state index in [1.807, 2.05) is 0 Å². The maximum Gasteiger partial charge on any atom is 0.316 e. The normalized spacial score (nSPS) is 11.8. The van der Waals surface area contributed by atoms with Crippen LogP contribution in [0.3, 0.4) is 0 Å². The molecule has 0 spiro atoms. The van der Waals surface area contributed by atoms with Gasteiger partial charge in [-0.15, -0.1) is 11.8 Å². The third-order valence-corrected chi connectivity index (χ3v) is 3.69. The van der Waals surface area contributed by atoms with Crippen LogP contribution in [0.25, 0.3) is 0 Å². The van der Waals surface area contributed by atoms with Crippen LogP contribution < -0.4 is 0 Å². The highest BCUT2D eigenvalue weighted by Crippen LogP contribution is 2.21. The van der Waals surface area contributed by atoms with Crippen molar-refractivity contribution in [3.63, 3.8) is 0 Å². The monoisotopic (exact) mass is 253 g/mol. The number of rotatable bonds is 5. The minimum Gasteiger partial charge on any atom is -0.480 e. The van der Waals surface area contributed by atoms with Gasteiger partial charge in [-0.1, -0.05) is 13.0 Å². The number of benzene rings is 1. The van der Waals surface area contributed by atoms with E-state index in [1.54, 1.807) is 19.1 Å². The van der Waals surface area contributed by atoms with Gasteiger partial charge in [0.15, 0.2) is 0 Å². The number of carboxylic acid groups (broad SMARTS) is 1. The molecule has 0 fully saturated rings. The summed E-state index contributed by atoms with van der Waals surface area (Å²) < 4.78 is 13.0. The standard InChI is InChI=1S/C12H12FNO2S/c1-2-11(12(15)16)17-7-8-3-4-10(13)9(5-8)6-14/h3-5,11H,2,7H2,1H3,(H,15,16). The van der Waals surface area contributed by atoms with Crippen molar-refractivity contribution in [3.05, 3.63) is 35.1 Å². The first kappa shape index (κ1) is 13.5. The number of carbonyl (C=O) groups is 1. The molecular weight excluding hydrogens is 241 g/mol. The molecule has 1 rings (SSSR count). The van der Waals surface area contributed by atoms with Gasteiger partial charge in [-0.25, -0.2) is 4.39 Å². The second-order valence-corrected chi connectivity index (χ2v) is 4.66. The van der Waals surface area contributed by atoms with Gasteiger partial charge in [0.1, 0.15) is 17.1 Å². The Balaban J connectivity index is 2.70. The summed E-state index contributed by atoms with van der Waals surface area (Å²) in [6.07, 6.45) is 0.534. The highest BCUT2D eigenvalue weighted by Gasteiger charge is 2.15. The summed E-state index contributed by atoms with van der Waals surface area (Å²) in [4.78, 5) is 10.8. The van der Waals surface area contributed by atoms with E-state index < -0.39 is 17.0 Å². The molecule has 1 aromatic rings. The predicted octanol–water partition coefficient (Wildman–Crippen LogP) is 2.79. The molecule has 0 aliphatic carbocycles. The molecule has 0 aliphatic heterocycles. The van der Waals surface area contributed by atoms with Crippen LogP contribution in [-0.2, 0) is 10.5 Å². The van der Waals surface area contributed by atoms with Crippen LogP contribution in [0, 0.1) is 17.1 Å². The van der Waals surface area contributed by atoms with Gasteiger partial charge < -0.3 is 5.11 Å². The molecule has 0 radical (unpaired) electrons.